The third-order valence-corrected chi connectivity index (χ3v) is 3.47. The number of fused-ring (bicyclic) bond motifs is 1. The molecular formula is C15H16F3N3O4. The molecule has 0 saturated carbocycles. The van der Waals surface area contributed by atoms with Crippen molar-refractivity contribution in [3.63, 3.8) is 0 Å². The monoisotopic (exact) mass is 359 g/mol. The molecule has 1 aromatic heterocycles. The molecule has 4 N–H and O–H groups in total. The Bertz CT molecular complexity index is 814. The molecule has 0 atom stereocenters. The standard InChI is InChI=1S/C13H15N3O2.C2HF3O2/c14-10-8-9-2-1-3-11(12(9)18-13(10)17)16-6-4-15-5-7-16;3-2(4,5)1(6)7/h1-3,8,15H,4-7,14H2;(H,6,7). The number of hydrogen-bond acceptors (Lipinski definition) is 6. The Labute approximate surface area is 139 Å². The summed E-state index contributed by atoms with van der Waals surface area (Å²) in [5, 5.41) is 11.3. The molecule has 0 unspecified atom stereocenters. The highest BCUT2D eigenvalue weighted by molar-refractivity contribution is 5.90. The molecule has 1 saturated heterocycles. The quantitative estimate of drug-likeness (QED) is 0.661. The lowest BCUT2D eigenvalue weighted by atomic mass is 10.1. The smallest absolute Gasteiger partial charge is 0.475 e. The summed E-state index contributed by atoms with van der Waals surface area (Å²) in [7, 11) is 0. The molecule has 0 spiro atoms. The number of nitrogens with one attached hydrogen (secondary N) is 1. The van der Waals surface area contributed by atoms with E-state index in [9.17, 15) is 18.0 Å². The van der Waals surface area contributed by atoms with E-state index < -0.39 is 17.8 Å². The van der Waals surface area contributed by atoms with E-state index in [0.717, 1.165) is 37.3 Å². The third kappa shape index (κ3) is 4.63. The number of halogens is 3. The number of nitrogens with zero attached hydrogens (tertiary/aromatic N) is 1. The molecule has 136 valence electrons. The number of benzene rings is 1. The van der Waals surface area contributed by atoms with Crippen LogP contribution in [-0.2, 0) is 4.79 Å². The van der Waals surface area contributed by atoms with Gasteiger partial charge in [0.2, 0.25) is 0 Å². The number of carbonyl (C=O) groups is 1. The van der Waals surface area contributed by atoms with E-state index in [2.05, 4.69) is 10.2 Å². The molecule has 7 nitrogen and oxygen atoms in total. The van der Waals surface area contributed by atoms with Crippen LogP contribution < -0.4 is 21.6 Å². The second-order valence-corrected chi connectivity index (χ2v) is 5.22. The van der Waals surface area contributed by atoms with Gasteiger partial charge >= 0.3 is 17.8 Å². The van der Waals surface area contributed by atoms with E-state index >= 15 is 0 Å². The Morgan fingerprint density at radius 2 is 1.88 bits per heavy atom. The largest absolute Gasteiger partial charge is 0.490 e. The zero-order valence-corrected chi connectivity index (χ0v) is 13.0. The summed E-state index contributed by atoms with van der Waals surface area (Å²) >= 11 is 0. The molecule has 2 heterocycles. The summed E-state index contributed by atoms with van der Waals surface area (Å²) in [5.74, 6) is -2.76. The Hall–Kier alpha value is -2.75. The van der Waals surface area contributed by atoms with Crippen LogP contribution in [0, 0.1) is 0 Å². The van der Waals surface area contributed by atoms with Crippen LogP contribution in [0.2, 0.25) is 0 Å². The predicted octanol–water partition coefficient (Wildman–Crippen LogP) is 1.42. The first-order valence-electron chi connectivity index (χ1n) is 7.28. The van der Waals surface area contributed by atoms with E-state index in [4.69, 9.17) is 20.1 Å². The number of para-hydroxylation sites is 1. The fraction of sp³-hybridized carbons (Fsp3) is 0.333. The lowest BCUT2D eigenvalue weighted by molar-refractivity contribution is -0.192. The summed E-state index contributed by atoms with van der Waals surface area (Å²) in [5.41, 5.74) is 6.86. The number of hydrogen-bond donors (Lipinski definition) is 3. The average Bonchev–Trinajstić information content (AvgIpc) is 2.56. The molecule has 1 fully saturated rings. The Kier molecular flexibility index (Phi) is 5.52. The summed E-state index contributed by atoms with van der Waals surface area (Å²) in [6, 6.07) is 7.51. The van der Waals surface area contributed by atoms with Crippen LogP contribution in [0.1, 0.15) is 0 Å². The highest BCUT2D eigenvalue weighted by Gasteiger charge is 2.38. The van der Waals surface area contributed by atoms with Crippen molar-refractivity contribution in [1.82, 2.24) is 5.32 Å². The zero-order valence-electron chi connectivity index (χ0n) is 13.0. The van der Waals surface area contributed by atoms with Crippen LogP contribution in [-0.4, -0.2) is 43.4 Å². The van der Waals surface area contributed by atoms with Gasteiger partial charge in [-0.25, -0.2) is 9.59 Å². The van der Waals surface area contributed by atoms with Crippen molar-refractivity contribution in [2.75, 3.05) is 36.8 Å². The number of anilines is 2. The topological polar surface area (TPSA) is 109 Å². The number of carboxylic acids is 1. The maximum atomic E-state index is 11.5. The molecule has 10 heteroatoms. The number of aliphatic carboxylic acids is 1. The van der Waals surface area contributed by atoms with Crippen molar-refractivity contribution >= 4 is 28.3 Å². The van der Waals surface area contributed by atoms with Crippen LogP contribution in [0.15, 0.2) is 33.5 Å². The van der Waals surface area contributed by atoms with Crippen LogP contribution in [0.5, 0.6) is 0 Å². The van der Waals surface area contributed by atoms with Crippen molar-refractivity contribution in [1.29, 1.82) is 0 Å². The fourth-order valence-electron chi connectivity index (χ4n) is 2.30. The number of rotatable bonds is 1. The van der Waals surface area contributed by atoms with Gasteiger partial charge < -0.3 is 25.5 Å². The molecule has 0 radical (unpaired) electrons. The molecule has 25 heavy (non-hydrogen) atoms. The lowest BCUT2D eigenvalue weighted by Crippen LogP contribution is -2.43. The minimum Gasteiger partial charge on any atom is -0.475 e. The average molecular weight is 359 g/mol. The molecule has 0 aliphatic carbocycles. The van der Waals surface area contributed by atoms with Crippen LogP contribution in [0.3, 0.4) is 0 Å². The van der Waals surface area contributed by atoms with Gasteiger partial charge in [0, 0.05) is 31.6 Å². The number of nitrogens with two attached hydrogens (primary N) is 1. The first-order valence-corrected chi connectivity index (χ1v) is 7.28. The van der Waals surface area contributed by atoms with Gasteiger partial charge in [0.25, 0.3) is 0 Å². The van der Waals surface area contributed by atoms with Gasteiger partial charge in [0.1, 0.15) is 5.69 Å². The van der Waals surface area contributed by atoms with Gasteiger partial charge in [0.05, 0.1) is 5.69 Å². The van der Waals surface area contributed by atoms with Crippen molar-refractivity contribution in [3.05, 3.63) is 34.7 Å². The van der Waals surface area contributed by atoms with E-state index in [-0.39, 0.29) is 5.69 Å². The second-order valence-electron chi connectivity index (χ2n) is 5.22. The third-order valence-electron chi connectivity index (χ3n) is 3.47. The number of piperazine rings is 1. The van der Waals surface area contributed by atoms with Gasteiger partial charge in [-0.15, -0.1) is 0 Å². The molecule has 0 amide bonds. The van der Waals surface area contributed by atoms with E-state index in [0.29, 0.717) is 5.58 Å². The van der Waals surface area contributed by atoms with Gasteiger partial charge in [-0.2, -0.15) is 13.2 Å². The zero-order chi connectivity index (χ0) is 18.6. The number of nitrogen functional groups attached to an aromatic ring is 1. The minimum atomic E-state index is -5.08. The molecule has 3 rings (SSSR count). The Morgan fingerprint density at radius 1 is 1.28 bits per heavy atom. The summed E-state index contributed by atoms with van der Waals surface area (Å²) < 4.78 is 37.1. The Morgan fingerprint density at radius 3 is 2.44 bits per heavy atom. The lowest BCUT2D eigenvalue weighted by Gasteiger charge is -2.29. The molecule has 1 aliphatic heterocycles. The van der Waals surface area contributed by atoms with E-state index in [1.54, 1.807) is 6.07 Å². The maximum Gasteiger partial charge on any atom is 0.490 e. The first-order chi connectivity index (χ1) is 11.7. The molecule has 0 bridgehead atoms. The number of alkyl halides is 3. The van der Waals surface area contributed by atoms with Gasteiger partial charge in [0.15, 0.2) is 5.58 Å². The SMILES string of the molecule is Nc1cc2cccc(N3CCNCC3)c2oc1=O.O=C(O)C(F)(F)F. The predicted molar refractivity (Wildman–Crippen MR) is 85.7 cm³/mol. The van der Waals surface area contributed by atoms with Gasteiger partial charge in [-0.1, -0.05) is 12.1 Å². The highest BCUT2D eigenvalue weighted by Crippen LogP contribution is 2.26. The van der Waals surface area contributed by atoms with Crippen molar-refractivity contribution < 1.29 is 27.5 Å². The molecule has 2 aromatic rings. The van der Waals surface area contributed by atoms with Gasteiger partial charge in [-0.3, -0.25) is 0 Å². The van der Waals surface area contributed by atoms with E-state index in [1.807, 2.05) is 18.2 Å². The van der Waals surface area contributed by atoms with E-state index in [1.165, 1.54) is 0 Å². The van der Waals surface area contributed by atoms with Crippen molar-refractivity contribution in [3.8, 4) is 0 Å². The molecular weight excluding hydrogens is 343 g/mol. The number of carboxylic acid groups (broad SMARTS) is 1. The van der Waals surface area contributed by atoms with Crippen molar-refractivity contribution in [2.24, 2.45) is 0 Å². The summed E-state index contributed by atoms with van der Waals surface area (Å²) in [6.07, 6.45) is -5.08. The Balaban J connectivity index is 0.000000277. The second kappa shape index (κ2) is 7.43. The molecule has 1 aliphatic rings. The normalized spacial score (nSPS) is 14.8. The summed E-state index contributed by atoms with van der Waals surface area (Å²) in [6.45, 7) is 3.70. The minimum absolute atomic E-state index is 0.153. The van der Waals surface area contributed by atoms with Crippen LogP contribution in [0.25, 0.3) is 11.0 Å². The fourth-order valence-corrected chi connectivity index (χ4v) is 2.30. The maximum absolute atomic E-state index is 11.5. The van der Waals surface area contributed by atoms with Crippen LogP contribution in [0.4, 0.5) is 24.5 Å². The summed E-state index contributed by atoms with van der Waals surface area (Å²) in [4.78, 5) is 22.7. The van der Waals surface area contributed by atoms with Crippen molar-refractivity contribution in [2.45, 2.75) is 6.18 Å². The van der Waals surface area contributed by atoms with Gasteiger partial charge in [-0.05, 0) is 12.1 Å². The highest BCUT2D eigenvalue weighted by atomic mass is 19.4. The molecule has 1 aromatic carbocycles. The van der Waals surface area contributed by atoms with Crippen LogP contribution >= 0.6 is 0 Å². The first kappa shape index (κ1) is 18.6.